The van der Waals surface area contributed by atoms with Crippen LogP contribution in [0.4, 0.5) is 0 Å². The summed E-state index contributed by atoms with van der Waals surface area (Å²) in [5.74, 6) is 0.675. The highest BCUT2D eigenvalue weighted by molar-refractivity contribution is 6.32. The Morgan fingerprint density at radius 3 is 2.67 bits per heavy atom. The summed E-state index contributed by atoms with van der Waals surface area (Å²) < 4.78 is 5.32. The molecule has 2 aromatic rings. The number of methoxy groups -OCH3 is 1. The van der Waals surface area contributed by atoms with Crippen LogP contribution in [0.5, 0.6) is 5.75 Å². The average molecular weight is 306 g/mol. The Kier molecular flexibility index (Phi) is 5.15. The molecule has 4 nitrogen and oxygen atoms in total. The Bertz CT molecular complexity index is 631. The van der Waals surface area contributed by atoms with E-state index in [-0.39, 0.29) is 6.04 Å². The van der Waals surface area contributed by atoms with Gasteiger partial charge in [-0.05, 0) is 49.7 Å². The molecule has 1 N–H and O–H groups in total. The zero-order chi connectivity index (χ0) is 15.4. The summed E-state index contributed by atoms with van der Waals surface area (Å²) in [5, 5.41) is 12.4. The van der Waals surface area contributed by atoms with E-state index in [0.29, 0.717) is 10.8 Å². The molecular formula is C16H20ClN3O. The minimum Gasteiger partial charge on any atom is -0.495 e. The summed E-state index contributed by atoms with van der Waals surface area (Å²) in [5.41, 5.74) is 4.03. The number of benzene rings is 1. The molecule has 0 spiro atoms. The summed E-state index contributed by atoms with van der Waals surface area (Å²) in [6.45, 7) is 6.84. The molecule has 1 aromatic heterocycles. The lowest BCUT2D eigenvalue weighted by atomic mass is 9.97. The van der Waals surface area contributed by atoms with E-state index in [4.69, 9.17) is 16.3 Å². The molecule has 0 fully saturated rings. The van der Waals surface area contributed by atoms with Gasteiger partial charge in [0.05, 0.1) is 29.6 Å². The van der Waals surface area contributed by atoms with Gasteiger partial charge in [-0.25, -0.2) is 0 Å². The zero-order valence-corrected chi connectivity index (χ0v) is 13.5. The Labute approximate surface area is 130 Å². The third-order valence-electron chi connectivity index (χ3n) is 3.37. The van der Waals surface area contributed by atoms with Gasteiger partial charge in [0, 0.05) is 0 Å². The van der Waals surface area contributed by atoms with Crippen molar-refractivity contribution in [1.29, 1.82) is 0 Å². The normalized spacial score (nSPS) is 12.2. The van der Waals surface area contributed by atoms with Gasteiger partial charge in [0.15, 0.2) is 0 Å². The van der Waals surface area contributed by atoms with Crippen LogP contribution in [0, 0.1) is 13.8 Å². The summed E-state index contributed by atoms with van der Waals surface area (Å²) >= 11 is 6.11. The highest BCUT2D eigenvalue weighted by atomic mass is 35.5. The summed E-state index contributed by atoms with van der Waals surface area (Å²) in [6, 6.07) is 7.93. The molecule has 1 aromatic carbocycles. The van der Waals surface area contributed by atoms with Crippen LogP contribution in [0.15, 0.2) is 24.3 Å². The van der Waals surface area contributed by atoms with Crippen LogP contribution in [0.25, 0.3) is 0 Å². The molecule has 0 aliphatic heterocycles. The van der Waals surface area contributed by atoms with E-state index < -0.39 is 0 Å². The fraction of sp³-hybridized carbons (Fsp3) is 0.375. The van der Waals surface area contributed by atoms with Crippen LogP contribution in [0.2, 0.25) is 5.02 Å². The molecule has 0 aliphatic carbocycles. The van der Waals surface area contributed by atoms with Crippen molar-refractivity contribution < 1.29 is 4.74 Å². The highest BCUT2D eigenvalue weighted by Crippen LogP contribution is 2.31. The SMILES string of the molecule is CCNC(c1ccc(Cl)c(OC)c1)c1cc(C)nnc1C. The molecule has 1 atom stereocenters. The summed E-state index contributed by atoms with van der Waals surface area (Å²) in [7, 11) is 1.62. The summed E-state index contributed by atoms with van der Waals surface area (Å²) in [4.78, 5) is 0. The molecule has 21 heavy (non-hydrogen) atoms. The van der Waals surface area contributed by atoms with Crippen molar-refractivity contribution in [2.24, 2.45) is 0 Å². The van der Waals surface area contributed by atoms with Gasteiger partial charge in [0.2, 0.25) is 0 Å². The van der Waals surface area contributed by atoms with Gasteiger partial charge >= 0.3 is 0 Å². The Morgan fingerprint density at radius 2 is 2.00 bits per heavy atom. The number of nitrogens with one attached hydrogen (secondary N) is 1. The van der Waals surface area contributed by atoms with E-state index in [1.165, 1.54) is 0 Å². The van der Waals surface area contributed by atoms with Gasteiger partial charge in [0.1, 0.15) is 5.75 Å². The van der Waals surface area contributed by atoms with Crippen LogP contribution in [-0.4, -0.2) is 23.9 Å². The molecule has 1 unspecified atom stereocenters. The van der Waals surface area contributed by atoms with Crippen molar-refractivity contribution in [3.63, 3.8) is 0 Å². The lowest BCUT2D eigenvalue weighted by molar-refractivity contribution is 0.414. The van der Waals surface area contributed by atoms with Crippen molar-refractivity contribution in [1.82, 2.24) is 15.5 Å². The molecular weight excluding hydrogens is 286 g/mol. The van der Waals surface area contributed by atoms with Crippen LogP contribution in [-0.2, 0) is 0 Å². The van der Waals surface area contributed by atoms with Gasteiger partial charge in [-0.2, -0.15) is 10.2 Å². The number of hydrogen-bond donors (Lipinski definition) is 1. The number of nitrogens with zero attached hydrogens (tertiary/aromatic N) is 2. The lowest BCUT2D eigenvalue weighted by Gasteiger charge is -2.21. The maximum Gasteiger partial charge on any atom is 0.137 e. The molecule has 0 aliphatic rings. The minimum atomic E-state index is 0.0374. The van der Waals surface area contributed by atoms with Crippen molar-refractivity contribution in [3.05, 3.63) is 51.8 Å². The molecule has 0 radical (unpaired) electrons. The number of halogens is 1. The molecule has 0 bridgehead atoms. The van der Waals surface area contributed by atoms with Gasteiger partial charge in [0.25, 0.3) is 0 Å². The number of rotatable bonds is 5. The first-order chi connectivity index (χ1) is 10.1. The molecule has 0 saturated carbocycles. The maximum absolute atomic E-state index is 6.11. The topological polar surface area (TPSA) is 47.0 Å². The van der Waals surface area contributed by atoms with E-state index in [1.807, 2.05) is 32.0 Å². The Hall–Kier alpha value is -1.65. The molecule has 1 heterocycles. The van der Waals surface area contributed by atoms with Gasteiger partial charge in [-0.15, -0.1) is 0 Å². The van der Waals surface area contributed by atoms with Gasteiger partial charge in [-0.3, -0.25) is 0 Å². The first kappa shape index (κ1) is 15.7. The quantitative estimate of drug-likeness (QED) is 0.919. The maximum atomic E-state index is 6.11. The summed E-state index contributed by atoms with van der Waals surface area (Å²) in [6.07, 6.45) is 0. The van der Waals surface area contributed by atoms with E-state index in [9.17, 15) is 0 Å². The average Bonchev–Trinajstić information content (AvgIpc) is 2.48. The smallest absolute Gasteiger partial charge is 0.137 e. The molecule has 5 heteroatoms. The second kappa shape index (κ2) is 6.87. The highest BCUT2D eigenvalue weighted by Gasteiger charge is 2.18. The van der Waals surface area contributed by atoms with Crippen LogP contribution in [0.1, 0.15) is 35.5 Å². The molecule has 0 amide bonds. The number of ether oxygens (including phenoxy) is 1. The second-order valence-electron chi connectivity index (χ2n) is 4.91. The third kappa shape index (κ3) is 3.52. The largest absolute Gasteiger partial charge is 0.495 e. The molecule has 0 saturated heterocycles. The van der Waals surface area contributed by atoms with E-state index >= 15 is 0 Å². The zero-order valence-electron chi connectivity index (χ0n) is 12.8. The standard InChI is InChI=1S/C16H20ClN3O/c1-5-18-16(13-8-10(2)19-20-11(13)3)12-6-7-14(17)15(9-12)21-4/h6-9,16,18H,5H2,1-4H3. The Morgan fingerprint density at radius 1 is 1.24 bits per heavy atom. The lowest BCUT2D eigenvalue weighted by Crippen LogP contribution is -2.23. The molecule has 2 rings (SSSR count). The third-order valence-corrected chi connectivity index (χ3v) is 3.68. The fourth-order valence-corrected chi connectivity index (χ4v) is 2.52. The fourth-order valence-electron chi connectivity index (χ4n) is 2.33. The van der Waals surface area contributed by atoms with Crippen molar-refractivity contribution in [2.75, 3.05) is 13.7 Å². The minimum absolute atomic E-state index is 0.0374. The second-order valence-corrected chi connectivity index (χ2v) is 5.32. The first-order valence-electron chi connectivity index (χ1n) is 6.94. The monoisotopic (exact) mass is 305 g/mol. The molecule has 112 valence electrons. The number of aromatic nitrogens is 2. The predicted molar refractivity (Wildman–Crippen MR) is 85.0 cm³/mol. The van der Waals surface area contributed by atoms with Crippen molar-refractivity contribution in [3.8, 4) is 5.75 Å². The first-order valence-corrected chi connectivity index (χ1v) is 7.32. The Balaban J connectivity index is 2.50. The van der Waals surface area contributed by atoms with Crippen LogP contribution < -0.4 is 10.1 Å². The number of aryl methyl sites for hydroxylation is 2. The number of hydrogen-bond acceptors (Lipinski definition) is 4. The predicted octanol–water partition coefficient (Wildman–Crippen LogP) is 3.45. The van der Waals surface area contributed by atoms with Crippen LogP contribution in [0.3, 0.4) is 0 Å². The van der Waals surface area contributed by atoms with E-state index in [2.05, 4.69) is 28.5 Å². The van der Waals surface area contributed by atoms with Crippen molar-refractivity contribution >= 4 is 11.6 Å². The van der Waals surface area contributed by atoms with Gasteiger partial charge in [-0.1, -0.05) is 24.6 Å². The van der Waals surface area contributed by atoms with Gasteiger partial charge < -0.3 is 10.1 Å². The van der Waals surface area contributed by atoms with Crippen LogP contribution >= 0.6 is 11.6 Å². The van der Waals surface area contributed by atoms with E-state index in [1.54, 1.807) is 7.11 Å². The van der Waals surface area contributed by atoms with E-state index in [0.717, 1.165) is 29.1 Å². The van der Waals surface area contributed by atoms with Crippen molar-refractivity contribution in [2.45, 2.75) is 26.8 Å².